The summed E-state index contributed by atoms with van der Waals surface area (Å²) in [7, 11) is 0. The van der Waals surface area contributed by atoms with Crippen LogP contribution in [0.2, 0.25) is 0 Å². The van der Waals surface area contributed by atoms with Gasteiger partial charge in [0.15, 0.2) is 5.78 Å². The van der Waals surface area contributed by atoms with Crippen LogP contribution in [0.4, 0.5) is 11.4 Å². The minimum absolute atomic E-state index is 0.0726. The molecule has 2 aromatic rings. The molecule has 0 N–H and O–H groups in total. The Morgan fingerprint density at radius 2 is 1.60 bits per heavy atom. The molecule has 0 bridgehead atoms. The Kier molecular flexibility index (Phi) is 4.31. The van der Waals surface area contributed by atoms with Crippen LogP contribution in [0.3, 0.4) is 0 Å². The number of hydrogen-bond donors (Lipinski definition) is 0. The molecule has 0 atom stereocenters. The Morgan fingerprint density at radius 3 is 2.20 bits per heavy atom. The lowest BCUT2D eigenvalue weighted by Gasteiger charge is -2.21. The summed E-state index contributed by atoms with van der Waals surface area (Å²) in [5, 5.41) is 0. The van der Waals surface area contributed by atoms with Crippen molar-refractivity contribution in [2.45, 2.75) is 20.3 Å². The van der Waals surface area contributed by atoms with E-state index in [2.05, 4.69) is 0 Å². The molecule has 1 amide bonds. The first kappa shape index (κ1) is 14.0. The summed E-state index contributed by atoms with van der Waals surface area (Å²) in [5.41, 5.74) is 2.14. The van der Waals surface area contributed by atoms with E-state index in [0.717, 1.165) is 5.69 Å². The van der Waals surface area contributed by atoms with Gasteiger partial charge in [-0.2, -0.15) is 0 Å². The van der Waals surface area contributed by atoms with Gasteiger partial charge in [0.25, 0.3) is 0 Å². The summed E-state index contributed by atoms with van der Waals surface area (Å²) in [4.78, 5) is 25.3. The predicted octanol–water partition coefficient (Wildman–Crippen LogP) is 3.96. The molecule has 0 saturated carbocycles. The van der Waals surface area contributed by atoms with Crippen molar-refractivity contribution in [1.82, 2.24) is 0 Å². The van der Waals surface area contributed by atoms with Gasteiger partial charge in [-0.15, -0.1) is 0 Å². The zero-order chi connectivity index (χ0) is 14.5. The average molecular weight is 267 g/mol. The zero-order valence-corrected chi connectivity index (χ0v) is 11.7. The number of hydrogen-bond acceptors (Lipinski definition) is 2. The van der Waals surface area contributed by atoms with Crippen molar-refractivity contribution < 1.29 is 9.59 Å². The number of nitrogens with zero attached hydrogens (tertiary/aromatic N) is 1. The van der Waals surface area contributed by atoms with Crippen molar-refractivity contribution in [2.24, 2.45) is 0 Å². The first-order valence-corrected chi connectivity index (χ1v) is 6.62. The molecular formula is C17H17NO2. The van der Waals surface area contributed by atoms with Crippen LogP contribution < -0.4 is 4.90 Å². The van der Waals surface area contributed by atoms with E-state index in [0.29, 0.717) is 17.7 Å². The van der Waals surface area contributed by atoms with Crippen molar-refractivity contribution in [3.63, 3.8) is 0 Å². The highest BCUT2D eigenvalue weighted by molar-refractivity contribution is 6.01. The summed E-state index contributed by atoms with van der Waals surface area (Å²) >= 11 is 0. The standard InChI is InChI=1S/C17H17NO2/c1-3-17(20)14-8-7-11-16(12-14)18(13(2)19)15-9-5-4-6-10-15/h4-12H,3H2,1-2H3. The largest absolute Gasteiger partial charge is 0.294 e. The van der Waals surface area contributed by atoms with Crippen LogP contribution in [0.25, 0.3) is 0 Å². The normalized spacial score (nSPS) is 10.1. The van der Waals surface area contributed by atoms with Crippen LogP contribution in [0.15, 0.2) is 54.6 Å². The Morgan fingerprint density at radius 1 is 0.950 bits per heavy atom. The number of para-hydroxylation sites is 1. The van der Waals surface area contributed by atoms with Gasteiger partial charge in [-0.3, -0.25) is 14.5 Å². The molecule has 102 valence electrons. The van der Waals surface area contributed by atoms with Gasteiger partial charge in [0, 0.05) is 30.3 Å². The lowest BCUT2D eigenvalue weighted by Crippen LogP contribution is -2.22. The van der Waals surface area contributed by atoms with Gasteiger partial charge in [0.05, 0.1) is 0 Å². The minimum Gasteiger partial charge on any atom is -0.294 e. The maximum absolute atomic E-state index is 11.9. The summed E-state index contributed by atoms with van der Waals surface area (Å²) in [6, 6.07) is 16.6. The molecule has 0 heterocycles. The Balaban J connectivity index is 2.46. The molecule has 3 heteroatoms. The molecule has 0 aromatic heterocycles. The van der Waals surface area contributed by atoms with Crippen molar-refractivity contribution in [1.29, 1.82) is 0 Å². The third-order valence-electron chi connectivity index (χ3n) is 3.08. The van der Waals surface area contributed by atoms with Gasteiger partial charge in [0.1, 0.15) is 0 Å². The van der Waals surface area contributed by atoms with E-state index in [1.807, 2.05) is 43.3 Å². The number of rotatable bonds is 4. The molecule has 0 fully saturated rings. The average Bonchev–Trinajstić information content (AvgIpc) is 2.47. The fourth-order valence-corrected chi connectivity index (χ4v) is 2.11. The number of benzene rings is 2. The number of Topliss-reactive ketones (excluding diaryl/α,β-unsaturated/α-hetero) is 1. The van der Waals surface area contributed by atoms with E-state index in [9.17, 15) is 9.59 Å². The van der Waals surface area contributed by atoms with E-state index in [1.165, 1.54) is 6.92 Å². The van der Waals surface area contributed by atoms with E-state index < -0.39 is 0 Å². The van der Waals surface area contributed by atoms with Crippen molar-refractivity contribution >= 4 is 23.1 Å². The summed E-state index contributed by atoms with van der Waals surface area (Å²) in [5.74, 6) is -0.0132. The minimum atomic E-state index is -0.0858. The fraction of sp³-hybridized carbons (Fsp3) is 0.176. The van der Waals surface area contributed by atoms with Crippen molar-refractivity contribution in [2.75, 3.05) is 4.90 Å². The Hall–Kier alpha value is -2.42. The number of ketones is 1. The lowest BCUT2D eigenvalue weighted by atomic mass is 10.1. The first-order chi connectivity index (χ1) is 9.63. The zero-order valence-electron chi connectivity index (χ0n) is 11.7. The van der Waals surface area contributed by atoms with Crippen LogP contribution in [0, 0.1) is 0 Å². The quantitative estimate of drug-likeness (QED) is 0.786. The van der Waals surface area contributed by atoms with Gasteiger partial charge < -0.3 is 0 Å². The maximum atomic E-state index is 11.9. The third-order valence-corrected chi connectivity index (χ3v) is 3.08. The van der Waals surface area contributed by atoms with E-state index in [1.54, 1.807) is 23.1 Å². The second-order valence-corrected chi connectivity index (χ2v) is 4.52. The van der Waals surface area contributed by atoms with E-state index >= 15 is 0 Å². The molecular weight excluding hydrogens is 250 g/mol. The molecule has 0 aliphatic rings. The molecule has 2 rings (SSSR count). The summed E-state index contributed by atoms with van der Waals surface area (Å²) < 4.78 is 0. The molecule has 0 spiro atoms. The van der Waals surface area contributed by atoms with Gasteiger partial charge in [0.2, 0.25) is 5.91 Å². The van der Waals surface area contributed by atoms with Gasteiger partial charge in [-0.1, -0.05) is 37.3 Å². The van der Waals surface area contributed by atoms with E-state index in [4.69, 9.17) is 0 Å². The predicted molar refractivity (Wildman–Crippen MR) is 80.3 cm³/mol. The van der Waals surface area contributed by atoms with Crippen LogP contribution in [0.1, 0.15) is 30.6 Å². The molecule has 0 saturated heterocycles. The van der Waals surface area contributed by atoms with Crippen LogP contribution in [0.5, 0.6) is 0 Å². The molecule has 3 nitrogen and oxygen atoms in total. The van der Waals surface area contributed by atoms with Gasteiger partial charge in [-0.05, 0) is 24.3 Å². The number of amides is 1. The first-order valence-electron chi connectivity index (χ1n) is 6.62. The molecule has 0 aliphatic heterocycles. The molecule has 0 radical (unpaired) electrons. The van der Waals surface area contributed by atoms with Gasteiger partial charge in [-0.25, -0.2) is 0 Å². The van der Waals surface area contributed by atoms with Gasteiger partial charge >= 0.3 is 0 Å². The molecule has 2 aromatic carbocycles. The van der Waals surface area contributed by atoms with Crippen LogP contribution in [-0.4, -0.2) is 11.7 Å². The third kappa shape index (κ3) is 2.94. The lowest BCUT2D eigenvalue weighted by molar-refractivity contribution is -0.115. The Labute approximate surface area is 118 Å². The second-order valence-electron chi connectivity index (χ2n) is 4.52. The molecule has 0 aliphatic carbocycles. The number of carbonyl (C=O) groups is 2. The topological polar surface area (TPSA) is 37.4 Å². The highest BCUT2D eigenvalue weighted by Gasteiger charge is 2.15. The smallest absolute Gasteiger partial charge is 0.228 e. The van der Waals surface area contributed by atoms with Crippen LogP contribution >= 0.6 is 0 Å². The number of anilines is 2. The van der Waals surface area contributed by atoms with Crippen molar-refractivity contribution in [3.8, 4) is 0 Å². The molecule has 20 heavy (non-hydrogen) atoms. The monoisotopic (exact) mass is 267 g/mol. The second kappa shape index (κ2) is 6.15. The highest BCUT2D eigenvalue weighted by atomic mass is 16.2. The SMILES string of the molecule is CCC(=O)c1cccc(N(C(C)=O)c2ccccc2)c1. The van der Waals surface area contributed by atoms with E-state index in [-0.39, 0.29) is 11.7 Å². The maximum Gasteiger partial charge on any atom is 0.228 e. The molecule has 0 unspecified atom stereocenters. The fourth-order valence-electron chi connectivity index (χ4n) is 2.11. The van der Waals surface area contributed by atoms with Crippen LogP contribution in [-0.2, 0) is 4.79 Å². The summed E-state index contributed by atoms with van der Waals surface area (Å²) in [6.45, 7) is 3.34. The number of carbonyl (C=O) groups excluding carboxylic acids is 2. The Bertz CT molecular complexity index is 620. The van der Waals surface area contributed by atoms with Crippen molar-refractivity contribution in [3.05, 3.63) is 60.2 Å². The highest BCUT2D eigenvalue weighted by Crippen LogP contribution is 2.26. The summed E-state index contributed by atoms with van der Waals surface area (Å²) in [6.07, 6.45) is 0.453.